The van der Waals surface area contributed by atoms with Crippen LogP contribution in [-0.4, -0.2) is 23.5 Å². The molecule has 0 saturated carbocycles. The molecule has 0 heterocycles. The number of hydrogen-bond donors (Lipinski definition) is 2. The lowest BCUT2D eigenvalue weighted by molar-refractivity contribution is -0.131. The van der Waals surface area contributed by atoms with E-state index in [-0.39, 0.29) is 5.91 Å². The van der Waals surface area contributed by atoms with Gasteiger partial charge in [0.25, 0.3) is 0 Å². The first-order valence-electron chi connectivity index (χ1n) is 2.85. The van der Waals surface area contributed by atoms with E-state index in [0.29, 0.717) is 6.54 Å². The number of carbonyl (C=O) groups excluding carboxylic acids is 1. The highest BCUT2D eigenvalue weighted by Gasteiger charge is 1.91. The summed E-state index contributed by atoms with van der Waals surface area (Å²) in [6.07, 6.45) is 1.77. The number of amides is 1. The molecule has 0 radical (unpaired) electrons. The molecule has 0 bridgehead atoms. The fourth-order valence-electron chi connectivity index (χ4n) is 0.380. The minimum absolute atomic E-state index is 0.384. The van der Waals surface area contributed by atoms with Crippen molar-refractivity contribution < 1.29 is 14.7 Å². The van der Waals surface area contributed by atoms with Crippen LogP contribution in [0.4, 0.5) is 0 Å². The molecule has 10 heavy (non-hydrogen) atoms. The number of carbonyl (C=O) groups is 2. The second-order valence-corrected chi connectivity index (χ2v) is 1.57. The quantitative estimate of drug-likeness (QED) is 0.536. The number of carboxylic acids is 1. The summed E-state index contributed by atoms with van der Waals surface area (Å²) in [7, 11) is 0. The Hall–Kier alpha value is -1.32. The third-order valence-corrected chi connectivity index (χ3v) is 0.728. The summed E-state index contributed by atoms with van der Waals surface area (Å²) in [5.74, 6) is -1.50. The predicted octanol–water partition coefficient (Wildman–Crippen LogP) is -0.237. The van der Waals surface area contributed by atoms with Crippen LogP contribution in [0.5, 0.6) is 0 Å². The van der Waals surface area contributed by atoms with Crippen LogP contribution >= 0.6 is 0 Å². The van der Waals surface area contributed by atoms with Gasteiger partial charge in [-0.2, -0.15) is 0 Å². The van der Waals surface area contributed by atoms with E-state index in [9.17, 15) is 9.59 Å². The number of carboxylic acid groups (broad SMARTS) is 1. The summed E-state index contributed by atoms with van der Waals surface area (Å²) in [5.41, 5.74) is 0. The zero-order valence-corrected chi connectivity index (χ0v) is 5.63. The monoisotopic (exact) mass is 143 g/mol. The van der Waals surface area contributed by atoms with E-state index in [1.54, 1.807) is 6.92 Å². The Labute approximate surface area is 58.5 Å². The maximum absolute atomic E-state index is 10.5. The molecule has 0 fully saturated rings. The molecule has 0 aromatic heterocycles. The van der Waals surface area contributed by atoms with E-state index in [0.717, 1.165) is 12.2 Å². The van der Waals surface area contributed by atoms with Crippen LogP contribution in [0.25, 0.3) is 0 Å². The maximum atomic E-state index is 10.5. The second kappa shape index (κ2) is 4.55. The van der Waals surface area contributed by atoms with E-state index < -0.39 is 5.97 Å². The highest BCUT2D eigenvalue weighted by atomic mass is 16.4. The standard InChI is InChI=1S/C6H9NO3/c1-2-7-5(8)3-4-6(9)10/h3-4H,2H2,1H3,(H,7,8)(H,9,10)/b4-3-. The average molecular weight is 143 g/mol. The first kappa shape index (κ1) is 8.68. The van der Waals surface area contributed by atoms with Gasteiger partial charge < -0.3 is 10.4 Å². The van der Waals surface area contributed by atoms with E-state index in [2.05, 4.69) is 5.32 Å². The molecule has 56 valence electrons. The van der Waals surface area contributed by atoms with Gasteiger partial charge in [0.1, 0.15) is 0 Å². The zero-order valence-electron chi connectivity index (χ0n) is 5.63. The van der Waals surface area contributed by atoms with Crippen LogP contribution < -0.4 is 5.32 Å². The predicted molar refractivity (Wildman–Crippen MR) is 35.5 cm³/mol. The van der Waals surface area contributed by atoms with E-state index in [1.807, 2.05) is 0 Å². The molecule has 0 atom stereocenters. The Bertz CT molecular complexity index is 162. The molecule has 0 spiro atoms. The fraction of sp³-hybridized carbons (Fsp3) is 0.333. The summed E-state index contributed by atoms with van der Waals surface area (Å²) in [5, 5.41) is 10.5. The normalized spacial score (nSPS) is 9.70. The van der Waals surface area contributed by atoms with Gasteiger partial charge in [-0.25, -0.2) is 4.79 Å². The molecule has 0 unspecified atom stereocenters. The van der Waals surface area contributed by atoms with Crippen molar-refractivity contribution in [1.82, 2.24) is 5.32 Å². The van der Waals surface area contributed by atoms with Crippen LogP contribution in [0.3, 0.4) is 0 Å². The Kier molecular flexibility index (Phi) is 3.95. The summed E-state index contributed by atoms with van der Waals surface area (Å²) < 4.78 is 0. The van der Waals surface area contributed by atoms with Gasteiger partial charge in [-0.15, -0.1) is 0 Å². The zero-order chi connectivity index (χ0) is 7.98. The summed E-state index contributed by atoms with van der Waals surface area (Å²) in [6.45, 7) is 2.26. The SMILES string of the molecule is CCNC(=O)/C=C\C(=O)O. The Morgan fingerprint density at radius 1 is 1.50 bits per heavy atom. The maximum Gasteiger partial charge on any atom is 0.328 e. The van der Waals surface area contributed by atoms with E-state index in [4.69, 9.17) is 5.11 Å². The Morgan fingerprint density at radius 2 is 2.10 bits per heavy atom. The van der Waals surface area contributed by atoms with Crippen molar-refractivity contribution in [3.05, 3.63) is 12.2 Å². The lowest BCUT2D eigenvalue weighted by Crippen LogP contribution is -2.20. The molecule has 0 aromatic carbocycles. The molecule has 0 aromatic rings. The number of likely N-dealkylation sites (N-methyl/N-ethyl adjacent to an activating group) is 1. The van der Waals surface area contributed by atoms with Crippen molar-refractivity contribution in [3.63, 3.8) is 0 Å². The van der Waals surface area contributed by atoms with Crippen molar-refractivity contribution in [2.24, 2.45) is 0 Å². The fourth-order valence-corrected chi connectivity index (χ4v) is 0.380. The van der Waals surface area contributed by atoms with Gasteiger partial charge in [0.2, 0.25) is 5.91 Å². The molecular formula is C6H9NO3. The van der Waals surface area contributed by atoms with Gasteiger partial charge in [-0.3, -0.25) is 4.79 Å². The third-order valence-electron chi connectivity index (χ3n) is 0.728. The van der Waals surface area contributed by atoms with Crippen LogP contribution in [0.1, 0.15) is 6.92 Å². The number of nitrogens with one attached hydrogen (secondary N) is 1. The first-order valence-corrected chi connectivity index (χ1v) is 2.85. The molecule has 4 heteroatoms. The highest BCUT2D eigenvalue weighted by Crippen LogP contribution is 1.72. The van der Waals surface area contributed by atoms with Crippen molar-refractivity contribution in [1.29, 1.82) is 0 Å². The Morgan fingerprint density at radius 3 is 2.50 bits per heavy atom. The molecule has 4 nitrogen and oxygen atoms in total. The minimum Gasteiger partial charge on any atom is -0.478 e. The van der Waals surface area contributed by atoms with Crippen molar-refractivity contribution in [3.8, 4) is 0 Å². The molecule has 2 N–H and O–H groups in total. The van der Waals surface area contributed by atoms with Crippen molar-refractivity contribution >= 4 is 11.9 Å². The Balaban J connectivity index is 3.67. The first-order chi connectivity index (χ1) is 4.66. The summed E-state index contributed by atoms with van der Waals surface area (Å²) in [6, 6.07) is 0. The smallest absolute Gasteiger partial charge is 0.328 e. The molecule has 0 rings (SSSR count). The minimum atomic E-state index is -1.12. The van der Waals surface area contributed by atoms with Gasteiger partial charge in [0.15, 0.2) is 0 Å². The second-order valence-electron chi connectivity index (χ2n) is 1.57. The van der Waals surface area contributed by atoms with Gasteiger partial charge in [-0.05, 0) is 6.92 Å². The summed E-state index contributed by atoms with van der Waals surface area (Å²) >= 11 is 0. The van der Waals surface area contributed by atoms with Crippen molar-refractivity contribution in [2.75, 3.05) is 6.54 Å². The molecule has 0 aliphatic rings. The molecule has 1 amide bonds. The molecule has 0 saturated heterocycles. The van der Waals surface area contributed by atoms with Crippen LogP contribution in [0.15, 0.2) is 12.2 Å². The average Bonchev–Trinajstić information content (AvgIpc) is 1.85. The summed E-state index contributed by atoms with van der Waals surface area (Å²) in [4.78, 5) is 20.3. The third kappa shape index (κ3) is 4.83. The molecular weight excluding hydrogens is 134 g/mol. The highest BCUT2D eigenvalue weighted by molar-refractivity contribution is 5.93. The van der Waals surface area contributed by atoms with Crippen LogP contribution in [-0.2, 0) is 9.59 Å². The van der Waals surface area contributed by atoms with Gasteiger partial charge >= 0.3 is 5.97 Å². The number of aliphatic carboxylic acids is 1. The number of rotatable bonds is 3. The van der Waals surface area contributed by atoms with Crippen molar-refractivity contribution in [2.45, 2.75) is 6.92 Å². The molecule has 0 aliphatic carbocycles. The largest absolute Gasteiger partial charge is 0.478 e. The topological polar surface area (TPSA) is 66.4 Å². The molecule has 0 aliphatic heterocycles. The van der Waals surface area contributed by atoms with E-state index >= 15 is 0 Å². The number of hydrogen-bond acceptors (Lipinski definition) is 2. The van der Waals surface area contributed by atoms with Gasteiger partial charge in [-0.1, -0.05) is 0 Å². The van der Waals surface area contributed by atoms with Crippen LogP contribution in [0.2, 0.25) is 0 Å². The van der Waals surface area contributed by atoms with Crippen LogP contribution in [0, 0.1) is 0 Å². The van der Waals surface area contributed by atoms with E-state index in [1.165, 1.54) is 0 Å². The lowest BCUT2D eigenvalue weighted by Gasteiger charge is -1.91. The lowest BCUT2D eigenvalue weighted by atomic mass is 10.4. The van der Waals surface area contributed by atoms with Gasteiger partial charge in [0.05, 0.1) is 0 Å². The van der Waals surface area contributed by atoms with Gasteiger partial charge in [0, 0.05) is 18.7 Å².